The number of aromatic nitrogens is 3. The second kappa shape index (κ2) is 5.65. The van der Waals surface area contributed by atoms with Gasteiger partial charge in [0.25, 0.3) is 0 Å². The first-order chi connectivity index (χ1) is 9.70. The van der Waals surface area contributed by atoms with Gasteiger partial charge in [-0.15, -0.1) is 0 Å². The molecule has 1 atom stereocenters. The number of halogens is 2. The zero-order chi connectivity index (χ0) is 15.7. The zero-order valence-corrected chi connectivity index (χ0v) is 13.3. The summed E-state index contributed by atoms with van der Waals surface area (Å²) in [7, 11) is -1.72. The molecule has 114 valence electrons. The van der Waals surface area contributed by atoms with E-state index in [1.54, 1.807) is 0 Å². The second-order valence-corrected chi connectivity index (χ2v) is 12.0. The van der Waals surface area contributed by atoms with Crippen molar-refractivity contribution in [1.82, 2.24) is 14.8 Å². The monoisotopic (exact) mass is 311 g/mol. The maximum Gasteiger partial charge on any atom is 0.137 e. The number of nitrogens with zero attached hydrogens (tertiary/aromatic N) is 3. The third-order valence-corrected chi connectivity index (χ3v) is 4.79. The first kappa shape index (κ1) is 15.8. The van der Waals surface area contributed by atoms with Crippen LogP contribution in [0, 0.1) is 11.6 Å². The molecule has 1 unspecified atom stereocenters. The molecule has 2 rings (SSSR count). The number of hydrogen-bond donors (Lipinski definition) is 1. The van der Waals surface area contributed by atoms with E-state index < -0.39 is 25.3 Å². The van der Waals surface area contributed by atoms with Crippen molar-refractivity contribution < 1.29 is 13.9 Å². The van der Waals surface area contributed by atoms with Crippen molar-refractivity contribution in [2.45, 2.75) is 37.8 Å². The summed E-state index contributed by atoms with van der Waals surface area (Å²) in [6, 6.07) is 3.70. The van der Waals surface area contributed by atoms with Gasteiger partial charge in [0, 0.05) is 19.7 Å². The van der Waals surface area contributed by atoms with Crippen LogP contribution in [0.5, 0.6) is 0 Å². The van der Waals surface area contributed by atoms with Crippen LogP contribution >= 0.6 is 0 Å². The smallest absolute Gasteiger partial charge is 0.137 e. The number of aliphatic hydroxyl groups is 1. The normalized spacial score (nSPS) is 15.0. The van der Waals surface area contributed by atoms with Gasteiger partial charge >= 0.3 is 0 Å². The maximum atomic E-state index is 14.1. The van der Waals surface area contributed by atoms with E-state index in [0.29, 0.717) is 6.04 Å². The van der Waals surface area contributed by atoms with Crippen molar-refractivity contribution in [3.8, 4) is 0 Å². The lowest BCUT2D eigenvalue weighted by Gasteiger charge is -2.34. The average molecular weight is 311 g/mol. The Morgan fingerprint density at radius 3 is 2.52 bits per heavy atom. The highest BCUT2D eigenvalue weighted by Gasteiger charge is 2.37. The average Bonchev–Trinajstić information content (AvgIpc) is 2.78. The molecular weight excluding hydrogens is 292 g/mol. The van der Waals surface area contributed by atoms with E-state index in [1.807, 2.05) is 0 Å². The quantitative estimate of drug-likeness (QED) is 0.864. The van der Waals surface area contributed by atoms with Gasteiger partial charge in [-0.05, 0) is 12.1 Å². The minimum Gasteiger partial charge on any atom is -0.383 e. The van der Waals surface area contributed by atoms with Crippen LogP contribution in [0.25, 0.3) is 0 Å². The van der Waals surface area contributed by atoms with Crippen LogP contribution in [0.3, 0.4) is 0 Å². The summed E-state index contributed by atoms with van der Waals surface area (Å²) >= 11 is 0. The molecule has 0 fully saturated rings. The largest absolute Gasteiger partial charge is 0.383 e. The summed E-state index contributed by atoms with van der Waals surface area (Å²) < 4.78 is 28.7. The van der Waals surface area contributed by atoms with Crippen molar-refractivity contribution in [2.75, 3.05) is 0 Å². The molecule has 1 aromatic heterocycles. The van der Waals surface area contributed by atoms with Crippen LogP contribution in [0.4, 0.5) is 8.78 Å². The number of rotatable bonds is 5. The molecule has 0 radical (unpaired) electrons. The maximum absolute atomic E-state index is 14.1. The summed E-state index contributed by atoms with van der Waals surface area (Å²) in [5.74, 6) is -1.40. The summed E-state index contributed by atoms with van der Waals surface area (Å²) in [6.07, 6.45) is 2.83. The Hall–Kier alpha value is -1.60. The molecule has 2 aromatic rings. The van der Waals surface area contributed by atoms with E-state index in [0.717, 1.165) is 12.1 Å². The van der Waals surface area contributed by atoms with E-state index >= 15 is 0 Å². The van der Waals surface area contributed by atoms with Gasteiger partial charge in [-0.2, -0.15) is 5.10 Å². The molecule has 4 nitrogen and oxygen atoms in total. The Morgan fingerprint density at radius 2 is 2.00 bits per heavy atom. The summed E-state index contributed by atoms with van der Waals surface area (Å²) in [4.78, 5) is 3.83. The summed E-state index contributed by atoms with van der Waals surface area (Å²) in [5.41, 5.74) is -1.34. The minimum atomic E-state index is -1.72. The molecule has 1 heterocycles. The lowest BCUT2D eigenvalue weighted by Crippen LogP contribution is -2.40. The zero-order valence-electron chi connectivity index (χ0n) is 12.3. The predicted octanol–water partition coefficient (Wildman–Crippen LogP) is 2.78. The molecule has 21 heavy (non-hydrogen) atoms. The van der Waals surface area contributed by atoms with Gasteiger partial charge in [0.05, 0.1) is 6.54 Å². The predicted molar refractivity (Wildman–Crippen MR) is 78.4 cm³/mol. The molecule has 0 bridgehead atoms. The fourth-order valence-electron chi connectivity index (χ4n) is 2.56. The van der Waals surface area contributed by atoms with Gasteiger partial charge < -0.3 is 5.11 Å². The van der Waals surface area contributed by atoms with Crippen LogP contribution in [-0.2, 0) is 12.1 Å². The van der Waals surface area contributed by atoms with E-state index in [9.17, 15) is 13.9 Å². The lowest BCUT2D eigenvalue weighted by molar-refractivity contribution is 0.0296. The molecule has 1 N–H and O–H groups in total. The molecule has 0 aliphatic heterocycles. The van der Waals surface area contributed by atoms with Crippen molar-refractivity contribution in [3.05, 3.63) is 48.1 Å². The Balaban J connectivity index is 2.44. The molecule has 1 aromatic carbocycles. The van der Waals surface area contributed by atoms with Gasteiger partial charge in [-0.3, -0.25) is 0 Å². The molecule has 0 saturated carbocycles. The van der Waals surface area contributed by atoms with E-state index in [1.165, 1.54) is 23.4 Å². The van der Waals surface area contributed by atoms with Gasteiger partial charge in [0.15, 0.2) is 0 Å². The van der Waals surface area contributed by atoms with Crippen LogP contribution in [-0.4, -0.2) is 27.9 Å². The summed E-state index contributed by atoms with van der Waals surface area (Å²) in [6.45, 7) is 6.34. The van der Waals surface area contributed by atoms with Crippen molar-refractivity contribution >= 4 is 8.07 Å². The minimum absolute atomic E-state index is 0.0832. The van der Waals surface area contributed by atoms with Gasteiger partial charge in [-0.25, -0.2) is 18.4 Å². The second-order valence-electron chi connectivity index (χ2n) is 6.49. The fourth-order valence-corrected chi connectivity index (χ4v) is 4.62. The first-order valence-electron chi connectivity index (χ1n) is 6.70. The van der Waals surface area contributed by atoms with Crippen LogP contribution < -0.4 is 0 Å². The first-order valence-corrected chi connectivity index (χ1v) is 10.4. The van der Waals surface area contributed by atoms with Crippen LogP contribution in [0.1, 0.15) is 5.56 Å². The SMILES string of the molecule is C[Si](C)(C)CC(O)(Cn1cncn1)c1ccc(F)cc1F. The summed E-state index contributed by atoms with van der Waals surface area (Å²) in [5, 5.41) is 15.0. The van der Waals surface area contributed by atoms with E-state index in [2.05, 4.69) is 29.7 Å². The Labute approximate surface area is 123 Å². The highest BCUT2D eigenvalue weighted by molar-refractivity contribution is 6.76. The molecule has 0 amide bonds. The third-order valence-electron chi connectivity index (χ3n) is 3.15. The third kappa shape index (κ3) is 3.95. The number of benzene rings is 1. The molecular formula is C14H19F2N3OSi. The van der Waals surface area contributed by atoms with Crippen molar-refractivity contribution in [3.63, 3.8) is 0 Å². The Kier molecular flexibility index (Phi) is 4.24. The fraction of sp³-hybridized carbons (Fsp3) is 0.429. The topological polar surface area (TPSA) is 50.9 Å². The highest BCUT2D eigenvalue weighted by Crippen LogP contribution is 2.34. The van der Waals surface area contributed by atoms with Gasteiger partial charge in [-0.1, -0.05) is 25.7 Å². The van der Waals surface area contributed by atoms with Crippen LogP contribution in [0.2, 0.25) is 25.7 Å². The Bertz CT molecular complexity index is 613. The molecule has 0 spiro atoms. The molecule has 0 saturated heterocycles. The Morgan fingerprint density at radius 1 is 1.29 bits per heavy atom. The molecule has 0 aliphatic carbocycles. The molecule has 7 heteroatoms. The molecule has 0 aliphatic rings. The van der Waals surface area contributed by atoms with Crippen molar-refractivity contribution in [2.24, 2.45) is 0 Å². The van der Waals surface area contributed by atoms with Crippen molar-refractivity contribution in [1.29, 1.82) is 0 Å². The van der Waals surface area contributed by atoms with E-state index in [-0.39, 0.29) is 12.1 Å². The van der Waals surface area contributed by atoms with Gasteiger partial charge in [0.1, 0.15) is 29.9 Å². The number of hydrogen-bond acceptors (Lipinski definition) is 3. The van der Waals surface area contributed by atoms with E-state index in [4.69, 9.17) is 0 Å². The van der Waals surface area contributed by atoms with Gasteiger partial charge in [0.2, 0.25) is 0 Å². The lowest BCUT2D eigenvalue weighted by atomic mass is 9.95. The highest BCUT2D eigenvalue weighted by atomic mass is 28.3. The van der Waals surface area contributed by atoms with Crippen LogP contribution in [0.15, 0.2) is 30.9 Å². The standard InChI is InChI=1S/C14H19F2N3OSi/c1-21(2,3)8-14(20,7-19-10-17-9-18-19)12-5-4-11(15)6-13(12)16/h4-6,9-10,20H,7-8H2,1-3H3.